The van der Waals surface area contributed by atoms with E-state index >= 15 is 0 Å². The molecule has 0 heterocycles. The topological polar surface area (TPSA) is 111 Å². The monoisotopic (exact) mass is 418 g/mol. The maximum absolute atomic E-state index is 12.6. The number of hydrogen-bond donors (Lipinski definition) is 2. The molecule has 0 bridgehead atoms. The largest absolute Gasteiger partial charge is 0.497 e. The first-order chi connectivity index (χ1) is 14.3. The zero-order chi connectivity index (χ0) is 22.1. The van der Waals surface area contributed by atoms with Gasteiger partial charge < -0.3 is 20.1 Å². The number of hydrogen-bond acceptors (Lipinski definition) is 6. The van der Waals surface area contributed by atoms with Crippen LogP contribution in [-0.4, -0.2) is 49.4 Å². The molecule has 164 valence electrons. The molecule has 0 saturated heterocycles. The molecule has 2 rings (SSSR count). The van der Waals surface area contributed by atoms with Gasteiger partial charge in [-0.25, -0.2) is 4.79 Å². The molecule has 0 radical (unpaired) electrons. The Kier molecular flexibility index (Phi) is 8.83. The molecule has 1 aliphatic rings. The second-order valence-corrected chi connectivity index (χ2v) is 7.51. The molecule has 1 saturated carbocycles. The van der Waals surface area contributed by atoms with Gasteiger partial charge in [0.15, 0.2) is 0 Å². The highest BCUT2D eigenvalue weighted by Crippen LogP contribution is 2.22. The van der Waals surface area contributed by atoms with Gasteiger partial charge >= 0.3 is 5.97 Å². The molecule has 8 nitrogen and oxygen atoms in total. The molecule has 1 fully saturated rings. The maximum atomic E-state index is 12.6. The Hall–Kier alpha value is -2.90. The van der Waals surface area contributed by atoms with Gasteiger partial charge in [0, 0.05) is 19.3 Å². The Morgan fingerprint density at radius 3 is 2.37 bits per heavy atom. The Labute approximate surface area is 176 Å². The summed E-state index contributed by atoms with van der Waals surface area (Å²) in [5.74, 6) is -0.968. The van der Waals surface area contributed by atoms with Gasteiger partial charge in [0.2, 0.25) is 11.8 Å². The average Bonchev–Trinajstić information content (AvgIpc) is 2.71. The van der Waals surface area contributed by atoms with Crippen LogP contribution in [0.25, 0.3) is 0 Å². The molecule has 2 N–H and O–H groups in total. The summed E-state index contributed by atoms with van der Waals surface area (Å²) in [5, 5.41) is 5.29. The zero-order valence-corrected chi connectivity index (χ0v) is 17.7. The molecule has 8 heteroatoms. The molecule has 1 aliphatic carbocycles. The molecule has 0 aromatic heterocycles. The molecular weight excluding hydrogens is 388 g/mol. The van der Waals surface area contributed by atoms with Gasteiger partial charge in [-0.15, -0.1) is 0 Å². The summed E-state index contributed by atoms with van der Waals surface area (Å²) in [6.07, 6.45) is 2.30. The Bertz CT molecular complexity index is 753. The first-order valence-electron chi connectivity index (χ1n) is 10.3. The van der Waals surface area contributed by atoms with Crippen LogP contribution in [0.15, 0.2) is 24.3 Å². The molecular formula is C22H30N2O6. The molecule has 0 spiro atoms. The number of nitrogens with one attached hydrogen (secondary N) is 2. The van der Waals surface area contributed by atoms with Gasteiger partial charge in [-0.3, -0.25) is 14.4 Å². The fourth-order valence-corrected chi connectivity index (χ4v) is 2.98. The van der Waals surface area contributed by atoms with Gasteiger partial charge in [-0.2, -0.15) is 0 Å². The van der Waals surface area contributed by atoms with E-state index in [-0.39, 0.29) is 43.5 Å². The summed E-state index contributed by atoms with van der Waals surface area (Å²) in [7, 11) is 1.57. The predicted octanol–water partition coefficient (Wildman–Crippen LogP) is 1.55. The Morgan fingerprint density at radius 1 is 1.13 bits per heavy atom. The summed E-state index contributed by atoms with van der Waals surface area (Å²) >= 11 is 0. The van der Waals surface area contributed by atoms with Gasteiger partial charge in [0.1, 0.15) is 23.6 Å². The quantitative estimate of drug-likeness (QED) is 0.417. The number of methoxy groups -OCH3 is 1. The summed E-state index contributed by atoms with van der Waals surface area (Å²) in [5.41, 5.74) is 0.832. The molecule has 2 amide bonds. The molecule has 30 heavy (non-hydrogen) atoms. The van der Waals surface area contributed by atoms with Gasteiger partial charge in [-0.1, -0.05) is 25.5 Å². The highest BCUT2D eigenvalue weighted by molar-refractivity contribution is 5.98. The maximum Gasteiger partial charge on any atom is 0.328 e. The minimum atomic E-state index is -0.882. The molecule has 1 aromatic carbocycles. The lowest BCUT2D eigenvalue weighted by atomic mass is 9.83. The summed E-state index contributed by atoms with van der Waals surface area (Å²) in [6.45, 7) is 3.82. The highest BCUT2D eigenvalue weighted by atomic mass is 16.5. The van der Waals surface area contributed by atoms with Crippen molar-refractivity contribution in [3.63, 3.8) is 0 Å². The van der Waals surface area contributed by atoms with Crippen LogP contribution in [0.4, 0.5) is 0 Å². The number of unbranched alkanes of at least 4 members (excludes halogenated alkanes) is 1. The van der Waals surface area contributed by atoms with Crippen LogP contribution in [0, 0.1) is 5.92 Å². The zero-order valence-electron chi connectivity index (χ0n) is 17.7. The summed E-state index contributed by atoms with van der Waals surface area (Å²) in [6, 6.07) is 5.47. The van der Waals surface area contributed by atoms with Crippen molar-refractivity contribution in [2.24, 2.45) is 5.92 Å². The molecule has 2 atom stereocenters. The van der Waals surface area contributed by atoms with E-state index in [1.54, 1.807) is 26.2 Å². The van der Waals surface area contributed by atoms with Crippen LogP contribution >= 0.6 is 0 Å². The van der Waals surface area contributed by atoms with Crippen molar-refractivity contribution in [1.29, 1.82) is 0 Å². The van der Waals surface area contributed by atoms with Crippen molar-refractivity contribution >= 4 is 23.6 Å². The first kappa shape index (κ1) is 23.4. The smallest absolute Gasteiger partial charge is 0.328 e. The number of ketones is 1. The number of carbonyl (C=O) groups excluding carboxylic acids is 4. The second-order valence-electron chi connectivity index (χ2n) is 7.51. The summed E-state index contributed by atoms with van der Waals surface area (Å²) in [4.78, 5) is 48.3. The van der Waals surface area contributed by atoms with Crippen molar-refractivity contribution in [2.45, 2.75) is 58.0 Å². The molecule has 0 unspecified atom stereocenters. The fraction of sp³-hybridized carbons (Fsp3) is 0.545. The van der Waals surface area contributed by atoms with Gasteiger partial charge in [0.25, 0.3) is 0 Å². The number of carbonyl (C=O) groups is 4. The standard InChI is InChI=1S/C22H30N2O6/c1-4-5-10-30-22(28)19(11-15-6-8-18(29-3)9-7-15)24-20(26)14(2)23-21(27)16-12-17(25)13-16/h6-9,14,16,19H,4-5,10-13H2,1-3H3,(H,23,27)(H,24,26)/t14-,19+/m1/s1. The average molecular weight is 418 g/mol. The number of rotatable bonds is 11. The third kappa shape index (κ3) is 6.86. The van der Waals surface area contributed by atoms with E-state index < -0.39 is 24.0 Å². The Morgan fingerprint density at radius 2 is 1.80 bits per heavy atom. The molecule has 0 aliphatic heterocycles. The van der Waals surface area contributed by atoms with Crippen LogP contribution < -0.4 is 15.4 Å². The van der Waals surface area contributed by atoms with Crippen LogP contribution in [-0.2, 0) is 30.3 Å². The SMILES string of the molecule is CCCCOC(=O)[C@H](Cc1ccc(OC)cc1)NC(=O)[C@@H](C)NC(=O)C1CC(=O)C1. The third-order valence-electron chi connectivity index (χ3n) is 5.01. The van der Waals surface area contributed by atoms with E-state index in [2.05, 4.69) is 10.6 Å². The van der Waals surface area contributed by atoms with E-state index in [0.29, 0.717) is 5.75 Å². The van der Waals surface area contributed by atoms with Crippen molar-refractivity contribution < 1.29 is 28.7 Å². The van der Waals surface area contributed by atoms with Crippen molar-refractivity contribution in [1.82, 2.24) is 10.6 Å². The normalized spacial score (nSPS) is 15.5. The first-order valence-corrected chi connectivity index (χ1v) is 10.3. The lowest BCUT2D eigenvalue weighted by Crippen LogP contribution is -2.53. The van der Waals surface area contributed by atoms with Crippen molar-refractivity contribution in [3.8, 4) is 5.75 Å². The van der Waals surface area contributed by atoms with E-state index in [4.69, 9.17) is 9.47 Å². The van der Waals surface area contributed by atoms with Crippen LogP contribution in [0.2, 0.25) is 0 Å². The summed E-state index contributed by atoms with van der Waals surface area (Å²) < 4.78 is 10.4. The van der Waals surface area contributed by atoms with Crippen molar-refractivity contribution in [2.75, 3.05) is 13.7 Å². The number of ether oxygens (including phenoxy) is 2. The number of benzene rings is 1. The minimum Gasteiger partial charge on any atom is -0.497 e. The minimum absolute atomic E-state index is 0.0432. The third-order valence-corrected chi connectivity index (χ3v) is 5.01. The second kappa shape index (κ2) is 11.3. The van der Waals surface area contributed by atoms with E-state index in [0.717, 1.165) is 18.4 Å². The number of amides is 2. The van der Waals surface area contributed by atoms with E-state index in [9.17, 15) is 19.2 Å². The van der Waals surface area contributed by atoms with Crippen LogP contribution in [0.1, 0.15) is 45.1 Å². The number of Topliss-reactive ketones (excluding diaryl/α,β-unsaturated/α-hetero) is 1. The Balaban J connectivity index is 1.98. The van der Waals surface area contributed by atoms with Crippen molar-refractivity contribution in [3.05, 3.63) is 29.8 Å². The number of esters is 1. The lowest BCUT2D eigenvalue weighted by molar-refractivity contribution is -0.148. The fourth-order valence-electron chi connectivity index (χ4n) is 2.98. The highest BCUT2D eigenvalue weighted by Gasteiger charge is 2.34. The van der Waals surface area contributed by atoms with E-state index in [1.165, 1.54) is 0 Å². The van der Waals surface area contributed by atoms with Gasteiger partial charge in [0.05, 0.1) is 19.6 Å². The predicted molar refractivity (Wildman–Crippen MR) is 110 cm³/mol. The lowest BCUT2D eigenvalue weighted by Gasteiger charge is -2.25. The molecule has 1 aromatic rings. The van der Waals surface area contributed by atoms with Crippen LogP contribution in [0.3, 0.4) is 0 Å². The van der Waals surface area contributed by atoms with Crippen LogP contribution in [0.5, 0.6) is 5.75 Å². The van der Waals surface area contributed by atoms with Gasteiger partial charge in [-0.05, 0) is 31.0 Å². The van der Waals surface area contributed by atoms with E-state index in [1.807, 2.05) is 19.1 Å².